The van der Waals surface area contributed by atoms with Crippen LogP contribution in [0.3, 0.4) is 0 Å². The summed E-state index contributed by atoms with van der Waals surface area (Å²) in [6, 6.07) is 0. The van der Waals surface area contributed by atoms with Gasteiger partial charge in [-0.25, -0.2) is 8.42 Å². The fourth-order valence-corrected chi connectivity index (χ4v) is 4.18. The third-order valence-corrected chi connectivity index (χ3v) is 5.64. The molecule has 0 aliphatic heterocycles. The first kappa shape index (κ1) is 19.1. The van der Waals surface area contributed by atoms with Gasteiger partial charge in [0.2, 0.25) is 10.0 Å². The van der Waals surface area contributed by atoms with Gasteiger partial charge in [0.15, 0.2) is 6.29 Å². The molecule has 0 N–H and O–H groups in total. The predicted molar refractivity (Wildman–Crippen MR) is 84.2 cm³/mol. The first-order valence-corrected chi connectivity index (χ1v) is 8.97. The van der Waals surface area contributed by atoms with Gasteiger partial charge in [-0.05, 0) is 27.7 Å². The Morgan fingerprint density at radius 1 is 1.18 bits per heavy atom. The SMILES string of the molecule is CCOC(CN(CC)S(=O)(=O)c1c(C)nn(C)c1C)OCC. The van der Waals surface area contributed by atoms with E-state index in [0.29, 0.717) is 31.1 Å². The average molecular weight is 333 g/mol. The Morgan fingerprint density at radius 2 is 1.73 bits per heavy atom. The van der Waals surface area contributed by atoms with Crippen LogP contribution in [0.2, 0.25) is 0 Å². The van der Waals surface area contributed by atoms with E-state index in [1.807, 2.05) is 13.8 Å². The van der Waals surface area contributed by atoms with Gasteiger partial charge in [0.1, 0.15) is 4.90 Å². The molecular formula is C14H27N3O4S. The normalized spacial score (nSPS) is 12.5. The topological polar surface area (TPSA) is 73.7 Å². The highest BCUT2D eigenvalue weighted by Gasteiger charge is 2.31. The van der Waals surface area contributed by atoms with E-state index in [4.69, 9.17) is 9.47 Å². The van der Waals surface area contributed by atoms with Crippen molar-refractivity contribution in [1.29, 1.82) is 0 Å². The minimum absolute atomic E-state index is 0.161. The van der Waals surface area contributed by atoms with Gasteiger partial charge < -0.3 is 9.47 Å². The van der Waals surface area contributed by atoms with Crippen molar-refractivity contribution in [3.63, 3.8) is 0 Å². The number of rotatable bonds is 9. The molecule has 1 heterocycles. The van der Waals surface area contributed by atoms with Crippen molar-refractivity contribution in [2.24, 2.45) is 7.05 Å². The third kappa shape index (κ3) is 4.07. The molecule has 0 saturated heterocycles. The summed E-state index contributed by atoms with van der Waals surface area (Å²) in [5, 5.41) is 4.19. The van der Waals surface area contributed by atoms with Crippen molar-refractivity contribution in [2.45, 2.75) is 45.8 Å². The van der Waals surface area contributed by atoms with Crippen LogP contribution in [0.5, 0.6) is 0 Å². The van der Waals surface area contributed by atoms with Crippen LogP contribution in [0.4, 0.5) is 0 Å². The molecule has 0 amide bonds. The van der Waals surface area contributed by atoms with Crippen molar-refractivity contribution >= 4 is 10.0 Å². The van der Waals surface area contributed by atoms with Gasteiger partial charge in [-0.15, -0.1) is 0 Å². The molecule has 0 aromatic carbocycles. The summed E-state index contributed by atoms with van der Waals surface area (Å²) in [6.45, 7) is 10.4. The van der Waals surface area contributed by atoms with Gasteiger partial charge in [-0.3, -0.25) is 4.68 Å². The van der Waals surface area contributed by atoms with Crippen molar-refractivity contribution < 1.29 is 17.9 Å². The van der Waals surface area contributed by atoms with Gasteiger partial charge in [0.05, 0.1) is 17.9 Å². The van der Waals surface area contributed by atoms with E-state index in [1.165, 1.54) is 4.31 Å². The molecule has 0 saturated carbocycles. The van der Waals surface area contributed by atoms with Crippen LogP contribution in [0.25, 0.3) is 0 Å². The summed E-state index contributed by atoms with van der Waals surface area (Å²) >= 11 is 0. The van der Waals surface area contributed by atoms with Gasteiger partial charge in [0, 0.05) is 26.8 Å². The van der Waals surface area contributed by atoms with Gasteiger partial charge in [-0.2, -0.15) is 9.40 Å². The van der Waals surface area contributed by atoms with E-state index in [2.05, 4.69) is 5.10 Å². The standard InChI is InChI=1S/C14H27N3O4S/c1-7-17(10-13(20-8-2)21-9-3)22(18,19)14-11(4)15-16(6)12(14)5/h13H,7-10H2,1-6H3. The molecule has 0 aliphatic rings. The Labute approximate surface area is 133 Å². The molecule has 1 aromatic heterocycles. The molecule has 1 aromatic rings. The highest BCUT2D eigenvalue weighted by Crippen LogP contribution is 2.23. The molecule has 8 heteroatoms. The van der Waals surface area contributed by atoms with Crippen molar-refractivity contribution in [3.05, 3.63) is 11.4 Å². The molecule has 1 rings (SSSR count). The summed E-state index contributed by atoms with van der Waals surface area (Å²) in [6.07, 6.45) is -0.568. The fourth-order valence-electron chi connectivity index (χ4n) is 2.35. The molecular weight excluding hydrogens is 306 g/mol. The van der Waals surface area contributed by atoms with Crippen LogP contribution in [0, 0.1) is 13.8 Å². The number of aryl methyl sites for hydroxylation is 2. The molecule has 0 unspecified atom stereocenters. The van der Waals surface area contributed by atoms with E-state index in [0.717, 1.165) is 0 Å². The summed E-state index contributed by atoms with van der Waals surface area (Å²) in [4.78, 5) is 0.267. The van der Waals surface area contributed by atoms with E-state index in [-0.39, 0.29) is 11.4 Å². The Morgan fingerprint density at radius 3 is 2.09 bits per heavy atom. The third-order valence-electron chi connectivity index (χ3n) is 3.45. The zero-order valence-corrected chi connectivity index (χ0v) is 15.1. The second kappa shape index (κ2) is 8.05. The van der Waals surface area contributed by atoms with E-state index in [9.17, 15) is 8.42 Å². The second-order valence-electron chi connectivity index (χ2n) is 4.92. The summed E-state index contributed by atoms with van der Waals surface area (Å²) in [5.74, 6) is 0. The van der Waals surface area contributed by atoms with Crippen LogP contribution in [0.15, 0.2) is 4.90 Å². The molecule has 0 atom stereocenters. The first-order chi connectivity index (χ1) is 10.3. The average Bonchev–Trinajstić information content (AvgIpc) is 2.69. The summed E-state index contributed by atoms with van der Waals surface area (Å²) in [5.41, 5.74) is 1.13. The molecule has 7 nitrogen and oxygen atoms in total. The number of nitrogens with zero attached hydrogens (tertiary/aromatic N) is 3. The summed E-state index contributed by atoms with van der Waals surface area (Å²) < 4.78 is 39.7. The lowest BCUT2D eigenvalue weighted by Gasteiger charge is -2.25. The number of sulfonamides is 1. The van der Waals surface area contributed by atoms with E-state index in [1.54, 1.807) is 32.5 Å². The largest absolute Gasteiger partial charge is 0.352 e. The maximum atomic E-state index is 12.9. The maximum Gasteiger partial charge on any atom is 0.246 e. The van der Waals surface area contributed by atoms with Crippen molar-refractivity contribution in [2.75, 3.05) is 26.3 Å². The highest BCUT2D eigenvalue weighted by atomic mass is 32.2. The minimum Gasteiger partial charge on any atom is -0.352 e. The minimum atomic E-state index is -3.63. The van der Waals surface area contributed by atoms with E-state index >= 15 is 0 Å². The lowest BCUT2D eigenvalue weighted by Crippen LogP contribution is -2.40. The van der Waals surface area contributed by atoms with E-state index < -0.39 is 16.3 Å². The second-order valence-corrected chi connectivity index (χ2v) is 6.79. The van der Waals surface area contributed by atoms with Crippen molar-refractivity contribution in [1.82, 2.24) is 14.1 Å². The van der Waals surface area contributed by atoms with Crippen LogP contribution in [-0.2, 0) is 26.5 Å². The molecule has 0 spiro atoms. The predicted octanol–water partition coefficient (Wildman–Crippen LogP) is 1.45. The lowest BCUT2D eigenvalue weighted by molar-refractivity contribution is -0.140. The lowest BCUT2D eigenvalue weighted by atomic mass is 10.4. The summed E-state index contributed by atoms with van der Waals surface area (Å²) in [7, 11) is -1.90. The number of hydrogen-bond donors (Lipinski definition) is 0. The smallest absolute Gasteiger partial charge is 0.246 e. The zero-order chi connectivity index (χ0) is 16.9. The van der Waals surface area contributed by atoms with Crippen LogP contribution < -0.4 is 0 Å². The zero-order valence-electron chi connectivity index (χ0n) is 14.3. The molecule has 0 aliphatic carbocycles. The van der Waals surface area contributed by atoms with Crippen LogP contribution >= 0.6 is 0 Å². The van der Waals surface area contributed by atoms with Crippen LogP contribution in [0.1, 0.15) is 32.2 Å². The van der Waals surface area contributed by atoms with Gasteiger partial charge >= 0.3 is 0 Å². The number of likely N-dealkylation sites (N-methyl/N-ethyl adjacent to an activating group) is 1. The number of ether oxygens (including phenoxy) is 2. The fraction of sp³-hybridized carbons (Fsp3) is 0.786. The molecule has 0 bridgehead atoms. The maximum absolute atomic E-state index is 12.9. The molecule has 128 valence electrons. The van der Waals surface area contributed by atoms with Gasteiger partial charge in [-0.1, -0.05) is 6.92 Å². The molecule has 0 radical (unpaired) electrons. The Hall–Kier alpha value is -0.960. The first-order valence-electron chi connectivity index (χ1n) is 7.53. The Balaban J connectivity index is 3.11. The quantitative estimate of drug-likeness (QED) is 0.640. The number of aromatic nitrogens is 2. The van der Waals surface area contributed by atoms with Crippen molar-refractivity contribution in [3.8, 4) is 0 Å². The Kier molecular flexibility index (Phi) is 6.98. The number of hydrogen-bond acceptors (Lipinski definition) is 5. The molecule has 0 fully saturated rings. The monoisotopic (exact) mass is 333 g/mol. The highest BCUT2D eigenvalue weighted by molar-refractivity contribution is 7.89. The van der Waals surface area contributed by atoms with Gasteiger partial charge in [0.25, 0.3) is 0 Å². The molecule has 22 heavy (non-hydrogen) atoms. The van der Waals surface area contributed by atoms with Crippen LogP contribution in [-0.4, -0.2) is 55.1 Å². The Bertz CT molecular complexity index is 577.